The number of carbonyl (C=O) groups excluding carboxylic acids is 1. The maximum atomic E-state index is 11.9. The SMILES string of the molecule is NS(=O)(=O)c1ccccc1N/C=C\C(=O)c1ccc(Cl)cc1. The number of allylic oxidation sites excluding steroid dienone is 1. The van der Waals surface area contributed by atoms with E-state index in [0.717, 1.165) is 0 Å². The number of carbonyl (C=O) groups is 1. The number of primary sulfonamides is 1. The lowest BCUT2D eigenvalue weighted by atomic mass is 10.1. The summed E-state index contributed by atoms with van der Waals surface area (Å²) >= 11 is 5.75. The number of anilines is 1. The van der Waals surface area contributed by atoms with E-state index in [1.165, 1.54) is 18.3 Å². The zero-order valence-corrected chi connectivity index (χ0v) is 12.9. The summed E-state index contributed by atoms with van der Waals surface area (Å²) in [5.74, 6) is -0.239. The molecular formula is C15H13ClN2O3S. The molecular weight excluding hydrogens is 324 g/mol. The molecule has 7 heteroatoms. The molecule has 0 aliphatic carbocycles. The Morgan fingerprint density at radius 3 is 2.36 bits per heavy atom. The first-order valence-corrected chi connectivity index (χ1v) is 8.15. The summed E-state index contributed by atoms with van der Waals surface area (Å²) in [6.07, 6.45) is 2.66. The molecule has 2 rings (SSSR count). The number of rotatable bonds is 5. The molecule has 0 heterocycles. The smallest absolute Gasteiger partial charge is 0.240 e. The Kier molecular flexibility index (Phi) is 4.97. The van der Waals surface area contributed by atoms with Crippen molar-refractivity contribution in [3.05, 3.63) is 71.4 Å². The standard InChI is InChI=1S/C15H13ClN2O3S/c16-12-7-5-11(6-8-12)14(19)9-10-18-13-3-1-2-4-15(13)22(17,20)21/h1-10,18H,(H2,17,20,21)/b10-9-. The third kappa shape index (κ3) is 4.17. The first-order valence-electron chi connectivity index (χ1n) is 6.23. The van der Waals surface area contributed by atoms with Crippen molar-refractivity contribution in [1.29, 1.82) is 0 Å². The minimum Gasteiger partial charge on any atom is -0.360 e. The average molecular weight is 337 g/mol. The highest BCUT2D eigenvalue weighted by Crippen LogP contribution is 2.19. The number of sulfonamides is 1. The van der Waals surface area contributed by atoms with Crippen molar-refractivity contribution >= 4 is 33.1 Å². The van der Waals surface area contributed by atoms with E-state index in [-0.39, 0.29) is 10.7 Å². The van der Waals surface area contributed by atoms with Crippen molar-refractivity contribution in [1.82, 2.24) is 0 Å². The van der Waals surface area contributed by atoms with Crippen LogP contribution in [0.25, 0.3) is 0 Å². The van der Waals surface area contributed by atoms with Gasteiger partial charge in [0.25, 0.3) is 0 Å². The monoisotopic (exact) mass is 336 g/mol. The lowest BCUT2D eigenvalue weighted by Gasteiger charge is -2.06. The highest BCUT2D eigenvalue weighted by Gasteiger charge is 2.12. The van der Waals surface area contributed by atoms with Gasteiger partial charge in [-0.1, -0.05) is 23.7 Å². The molecule has 0 saturated carbocycles. The molecule has 0 aromatic heterocycles. The molecule has 5 nitrogen and oxygen atoms in total. The molecule has 2 aromatic rings. The molecule has 0 radical (unpaired) electrons. The fraction of sp³-hybridized carbons (Fsp3) is 0. The summed E-state index contributed by atoms with van der Waals surface area (Å²) in [7, 11) is -3.84. The maximum Gasteiger partial charge on any atom is 0.240 e. The lowest BCUT2D eigenvalue weighted by Crippen LogP contribution is -2.13. The molecule has 0 amide bonds. The van der Waals surface area contributed by atoms with Crippen LogP contribution in [0.4, 0.5) is 5.69 Å². The van der Waals surface area contributed by atoms with Gasteiger partial charge in [0.05, 0.1) is 5.69 Å². The van der Waals surface area contributed by atoms with Gasteiger partial charge in [0.2, 0.25) is 10.0 Å². The maximum absolute atomic E-state index is 11.9. The fourth-order valence-corrected chi connectivity index (χ4v) is 2.58. The number of ketones is 1. The topological polar surface area (TPSA) is 89.3 Å². The predicted octanol–water partition coefficient (Wildman–Crippen LogP) is 2.80. The van der Waals surface area contributed by atoms with Crippen LogP contribution in [0.2, 0.25) is 5.02 Å². The molecule has 0 saturated heterocycles. The molecule has 0 aliphatic rings. The Hall–Kier alpha value is -2.15. The van der Waals surface area contributed by atoms with Gasteiger partial charge in [-0.25, -0.2) is 13.6 Å². The molecule has 0 bridgehead atoms. The Morgan fingerprint density at radius 2 is 1.73 bits per heavy atom. The molecule has 3 N–H and O–H groups in total. The van der Waals surface area contributed by atoms with Crippen LogP contribution in [0.15, 0.2) is 65.7 Å². The van der Waals surface area contributed by atoms with Gasteiger partial charge in [-0.2, -0.15) is 0 Å². The summed E-state index contributed by atoms with van der Waals surface area (Å²) < 4.78 is 22.9. The minimum atomic E-state index is -3.84. The van der Waals surface area contributed by atoms with Crippen molar-refractivity contribution < 1.29 is 13.2 Å². The van der Waals surface area contributed by atoms with Crippen LogP contribution in [0, 0.1) is 0 Å². The Labute approximate surface area is 133 Å². The van der Waals surface area contributed by atoms with Gasteiger partial charge in [0.15, 0.2) is 5.78 Å². The summed E-state index contributed by atoms with van der Waals surface area (Å²) in [6.45, 7) is 0. The van der Waals surface area contributed by atoms with Gasteiger partial charge in [-0.05, 0) is 36.4 Å². The summed E-state index contributed by atoms with van der Waals surface area (Å²) in [6, 6.07) is 12.6. The Balaban J connectivity index is 2.13. The number of nitrogens with one attached hydrogen (secondary N) is 1. The molecule has 0 unspecified atom stereocenters. The van der Waals surface area contributed by atoms with Gasteiger partial charge < -0.3 is 5.32 Å². The summed E-state index contributed by atoms with van der Waals surface area (Å²) in [4.78, 5) is 11.9. The Morgan fingerprint density at radius 1 is 1.09 bits per heavy atom. The number of hydrogen-bond donors (Lipinski definition) is 2. The zero-order chi connectivity index (χ0) is 16.2. The number of para-hydroxylation sites is 1. The van der Waals surface area contributed by atoms with E-state index in [2.05, 4.69) is 5.32 Å². The van der Waals surface area contributed by atoms with Crippen LogP contribution < -0.4 is 10.5 Å². The number of halogens is 1. The predicted molar refractivity (Wildman–Crippen MR) is 86.4 cm³/mol. The van der Waals surface area contributed by atoms with E-state index in [1.807, 2.05) is 0 Å². The average Bonchev–Trinajstić information content (AvgIpc) is 2.47. The first kappa shape index (κ1) is 16.2. The van der Waals surface area contributed by atoms with Gasteiger partial charge in [-0.15, -0.1) is 0 Å². The molecule has 0 atom stereocenters. The van der Waals surface area contributed by atoms with Crippen molar-refractivity contribution in [2.75, 3.05) is 5.32 Å². The second-order valence-corrected chi connectivity index (χ2v) is 6.36. The van der Waals surface area contributed by atoms with Crippen molar-refractivity contribution in [3.8, 4) is 0 Å². The largest absolute Gasteiger partial charge is 0.360 e. The highest BCUT2D eigenvalue weighted by atomic mass is 35.5. The second-order valence-electron chi connectivity index (χ2n) is 4.39. The summed E-state index contributed by atoms with van der Waals surface area (Å²) in [5, 5.41) is 8.41. The quantitative estimate of drug-likeness (QED) is 0.649. The van der Waals surface area contributed by atoms with Crippen LogP contribution in [0.1, 0.15) is 10.4 Å². The molecule has 0 aliphatic heterocycles. The van der Waals surface area contributed by atoms with Crippen LogP contribution in [0.5, 0.6) is 0 Å². The van der Waals surface area contributed by atoms with Crippen molar-refractivity contribution in [2.24, 2.45) is 5.14 Å². The van der Waals surface area contributed by atoms with E-state index in [0.29, 0.717) is 16.3 Å². The van der Waals surface area contributed by atoms with Crippen LogP contribution in [0.3, 0.4) is 0 Å². The van der Waals surface area contributed by atoms with Crippen LogP contribution in [-0.2, 0) is 10.0 Å². The van der Waals surface area contributed by atoms with Crippen molar-refractivity contribution in [2.45, 2.75) is 4.90 Å². The first-order chi connectivity index (χ1) is 10.4. The van der Waals surface area contributed by atoms with Gasteiger partial charge in [-0.3, -0.25) is 4.79 Å². The van der Waals surface area contributed by atoms with Crippen LogP contribution >= 0.6 is 11.6 Å². The van der Waals surface area contributed by atoms with E-state index >= 15 is 0 Å². The number of nitrogens with two attached hydrogens (primary N) is 1. The zero-order valence-electron chi connectivity index (χ0n) is 11.4. The van der Waals surface area contributed by atoms with E-state index < -0.39 is 10.0 Å². The molecule has 0 fully saturated rings. The van der Waals surface area contributed by atoms with Crippen LogP contribution in [-0.4, -0.2) is 14.2 Å². The molecule has 114 valence electrons. The number of hydrogen-bond acceptors (Lipinski definition) is 4. The molecule has 0 spiro atoms. The van der Waals surface area contributed by atoms with E-state index in [1.54, 1.807) is 42.5 Å². The highest BCUT2D eigenvalue weighted by molar-refractivity contribution is 7.89. The van der Waals surface area contributed by atoms with E-state index in [9.17, 15) is 13.2 Å². The Bertz CT molecular complexity index is 815. The van der Waals surface area contributed by atoms with Gasteiger partial charge in [0.1, 0.15) is 4.90 Å². The second kappa shape index (κ2) is 6.74. The van der Waals surface area contributed by atoms with Gasteiger partial charge in [0, 0.05) is 22.9 Å². The van der Waals surface area contributed by atoms with Gasteiger partial charge >= 0.3 is 0 Å². The third-order valence-corrected chi connectivity index (χ3v) is 4.02. The fourth-order valence-electron chi connectivity index (χ4n) is 1.75. The minimum absolute atomic E-state index is 0.0430. The van der Waals surface area contributed by atoms with Crippen molar-refractivity contribution in [3.63, 3.8) is 0 Å². The number of benzene rings is 2. The lowest BCUT2D eigenvalue weighted by molar-refractivity contribution is 0.104. The third-order valence-electron chi connectivity index (χ3n) is 2.80. The molecule has 2 aromatic carbocycles. The van der Waals surface area contributed by atoms with E-state index in [4.69, 9.17) is 16.7 Å². The summed E-state index contributed by atoms with van der Waals surface area (Å²) in [5.41, 5.74) is 0.771. The molecule has 22 heavy (non-hydrogen) atoms. The normalized spacial score (nSPS) is 11.5.